The van der Waals surface area contributed by atoms with E-state index in [0.29, 0.717) is 13.2 Å². The number of sulfonamides is 1. The summed E-state index contributed by atoms with van der Waals surface area (Å²) in [4.78, 5) is 16.9. The van der Waals surface area contributed by atoms with Crippen LogP contribution in [0.15, 0.2) is 64.9 Å². The highest BCUT2D eigenvalue weighted by molar-refractivity contribution is 7.89. The van der Waals surface area contributed by atoms with Crippen LogP contribution in [0.4, 0.5) is 0 Å². The molecule has 0 fully saturated rings. The van der Waals surface area contributed by atoms with Crippen LogP contribution < -0.4 is 4.74 Å². The Hall–Kier alpha value is -2.68. The summed E-state index contributed by atoms with van der Waals surface area (Å²) in [6.07, 6.45) is 0.756. The van der Waals surface area contributed by atoms with Crippen molar-refractivity contribution in [1.29, 1.82) is 0 Å². The van der Waals surface area contributed by atoms with E-state index in [9.17, 15) is 13.2 Å². The molecule has 0 unspecified atom stereocenters. The number of para-hydroxylation sites is 1. The Kier molecular flexibility index (Phi) is 7.64. The fourth-order valence-electron chi connectivity index (χ4n) is 4.38. The highest BCUT2D eigenvalue weighted by atomic mass is 32.2. The van der Waals surface area contributed by atoms with Crippen molar-refractivity contribution in [2.24, 2.45) is 0 Å². The molecule has 0 radical (unpaired) electrons. The van der Waals surface area contributed by atoms with Gasteiger partial charge >= 0.3 is 0 Å². The van der Waals surface area contributed by atoms with E-state index in [0.717, 1.165) is 28.9 Å². The van der Waals surface area contributed by atoms with Crippen molar-refractivity contribution in [2.75, 3.05) is 19.7 Å². The van der Waals surface area contributed by atoms with E-state index >= 15 is 0 Å². The molecule has 0 aliphatic carbocycles. The molecule has 0 spiro atoms. The minimum atomic E-state index is -3.82. The summed E-state index contributed by atoms with van der Waals surface area (Å²) >= 11 is 1.69. The number of aryl methyl sites for hydroxylation is 2. The Morgan fingerprint density at radius 1 is 1.11 bits per heavy atom. The fraction of sp³-hybridized carbons (Fsp3) is 0.370. The predicted molar refractivity (Wildman–Crippen MR) is 139 cm³/mol. The van der Waals surface area contributed by atoms with Crippen LogP contribution in [-0.2, 0) is 21.2 Å². The molecule has 0 N–H and O–H groups in total. The number of carbonyl (C=O) groups is 1. The zero-order valence-corrected chi connectivity index (χ0v) is 22.2. The summed E-state index contributed by atoms with van der Waals surface area (Å²) in [5, 5.41) is 2.04. The second-order valence-corrected chi connectivity index (χ2v) is 12.1. The molecule has 1 amide bonds. The van der Waals surface area contributed by atoms with Crippen LogP contribution in [0.25, 0.3) is 0 Å². The van der Waals surface area contributed by atoms with Gasteiger partial charge in [-0.15, -0.1) is 11.3 Å². The van der Waals surface area contributed by atoms with Crippen LogP contribution >= 0.6 is 11.3 Å². The van der Waals surface area contributed by atoms with Gasteiger partial charge in [0.15, 0.2) is 0 Å². The highest BCUT2D eigenvalue weighted by Crippen LogP contribution is 2.34. The van der Waals surface area contributed by atoms with Crippen molar-refractivity contribution in [3.05, 3.63) is 81.5 Å². The standard InChI is InChI=1S/C27H32N2O4S2/c1-19(2)29(35(31,32)22-11-9-20(3)10-12-22)17-27(30)28-15-13-26-23(14-16-34-26)24(28)18-33-25-8-6-5-7-21(25)4/h5-12,14,16,19,24H,13,15,17-18H2,1-4H3/t24-/m1/s1. The molecule has 6 nitrogen and oxygen atoms in total. The second-order valence-electron chi connectivity index (χ2n) is 9.19. The topological polar surface area (TPSA) is 66.9 Å². The smallest absolute Gasteiger partial charge is 0.243 e. The number of carbonyl (C=O) groups excluding carboxylic acids is 1. The lowest BCUT2D eigenvalue weighted by Gasteiger charge is -2.37. The first-order valence-electron chi connectivity index (χ1n) is 11.8. The zero-order valence-electron chi connectivity index (χ0n) is 20.6. The summed E-state index contributed by atoms with van der Waals surface area (Å²) in [7, 11) is -3.82. The van der Waals surface area contributed by atoms with Crippen molar-refractivity contribution in [3.63, 3.8) is 0 Å². The quantitative estimate of drug-likeness (QED) is 0.427. The van der Waals surface area contributed by atoms with E-state index in [2.05, 4.69) is 6.07 Å². The van der Waals surface area contributed by atoms with Gasteiger partial charge in [0.05, 0.1) is 17.5 Å². The lowest BCUT2D eigenvalue weighted by Crippen LogP contribution is -2.49. The van der Waals surface area contributed by atoms with Gasteiger partial charge in [0.25, 0.3) is 0 Å². The minimum absolute atomic E-state index is 0.197. The van der Waals surface area contributed by atoms with E-state index < -0.39 is 10.0 Å². The molecule has 0 bridgehead atoms. The largest absolute Gasteiger partial charge is 0.491 e. The Morgan fingerprint density at radius 2 is 1.83 bits per heavy atom. The molecule has 2 aromatic carbocycles. The number of rotatable bonds is 8. The molecule has 1 aliphatic rings. The average molecular weight is 513 g/mol. The Morgan fingerprint density at radius 3 is 2.51 bits per heavy atom. The van der Waals surface area contributed by atoms with Gasteiger partial charge in [-0.05, 0) is 74.9 Å². The molecule has 3 aromatic rings. The van der Waals surface area contributed by atoms with E-state index in [-0.39, 0.29) is 29.4 Å². The maximum absolute atomic E-state index is 13.6. The molecular weight excluding hydrogens is 480 g/mol. The van der Waals surface area contributed by atoms with Crippen LogP contribution in [0.1, 0.15) is 41.5 Å². The molecule has 1 atom stereocenters. The van der Waals surface area contributed by atoms with Crippen LogP contribution in [0, 0.1) is 13.8 Å². The maximum Gasteiger partial charge on any atom is 0.243 e. The van der Waals surface area contributed by atoms with Crippen LogP contribution in [0.2, 0.25) is 0 Å². The van der Waals surface area contributed by atoms with Crippen LogP contribution in [0.3, 0.4) is 0 Å². The molecule has 1 aliphatic heterocycles. The maximum atomic E-state index is 13.6. The lowest BCUT2D eigenvalue weighted by atomic mass is 10.0. The van der Waals surface area contributed by atoms with Gasteiger partial charge in [-0.1, -0.05) is 35.9 Å². The number of benzene rings is 2. The first kappa shape index (κ1) is 25.4. The molecule has 186 valence electrons. The van der Waals surface area contributed by atoms with Crippen molar-refractivity contribution < 1.29 is 17.9 Å². The van der Waals surface area contributed by atoms with E-state index in [1.807, 2.05) is 43.5 Å². The van der Waals surface area contributed by atoms with Crippen molar-refractivity contribution >= 4 is 27.3 Å². The summed E-state index contributed by atoms with van der Waals surface area (Å²) in [5.41, 5.74) is 3.09. The monoisotopic (exact) mass is 512 g/mol. The van der Waals surface area contributed by atoms with Gasteiger partial charge in [-0.25, -0.2) is 8.42 Å². The molecule has 8 heteroatoms. The zero-order chi connectivity index (χ0) is 25.2. The third-order valence-corrected chi connectivity index (χ3v) is 9.43. The van der Waals surface area contributed by atoms with E-state index in [1.54, 1.807) is 54.3 Å². The summed E-state index contributed by atoms with van der Waals surface area (Å²) in [6, 6.07) is 16.0. The number of thiophene rings is 1. The molecule has 1 aromatic heterocycles. The number of hydrogen-bond donors (Lipinski definition) is 0. The van der Waals surface area contributed by atoms with E-state index in [4.69, 9.17) is 4.74 Å². The van der Waals surface area contributed by atoms with E-state index in [1.165, 1.54) is 9.18 Å². The Labute approximate surface area is 212 Å². The molecule has 35 heavy (non-hydrogen) atoms. The van der Waals surface area contributed by atoms with Gasteiger partial charge in [0.2, 0.25) is 15.9 Å². The van der Waals surface area contributed by atoms with Crippen molar-refractivity contribution in [3.8, 4) is 5.75 Å². The first-order valence-corrected chi connectivity index (χ1v) is 14.1. The average Bonchev–Trinajstić information content (AvgIpc) is 3.31. The Bertz CT molecular complexity index is 1280. The molecular formula is C27H32N2O4S2. The number of nitrogens with zero attached hydrogens (tertiary/aromatic N) is 2. The summed E-state index contributed by atoms with van der Waals surface area (Å²) in [5.74, 6) is 0.567. The molecule has 0 saturated heterocycles. The summed E-state index contributed by atoms with van der Waals surface area (Å²) < 4.78 is 34.3. The predicted octanol–water partition coefficient (Wildman–Crippen LogP) is 4.97. The normalized spacial score (nSPS) is 15.9. The van der Waals surface area contributed by atoms with Gasteiger partial charge in [-0.3, -0.25) is 4.79 Å². The molecule has 2 heterocycles. The number of hydrogen-bond acceptors (Lipinski definition) is 5. The lowest BCUT2D eigenvalue weighted by molar-refractivity contribution is -0.135. The third-order valence-electron chi connectivity index (χ3n) is 6.40. The third kappa shape index (κ3) is 5.44. The fourth-order valence-corrected chi connectivity index (χ4v) is 6.89. The van der Waals surface area contributed by atoms with Crippen molar-refractivity contribution in [2.45, 2.75) is 51.1 Å². The van der Waals surface area contributed by atoms with Gasteiger partial charge < -0.3 is 9.64 Å². The summed E-state index contributed by atoms with van der Waals surface area (Å²) in [6.45, 7) is 8.13. The second kappa shape index (κ2) is 10.5. The van der Waals surface area contributed by atoms with Crippen LogP contribution in [-0.4, -0.2) is 49.3 Å². The molecule has 0 saturated carbocycles. The number of fused-ring (bicyclic) bond motifs is 1. The minimum Gasteiger partial charge on any atom is -0.491 e. The Balaban J connectivity index is 1.58. The number of amides is 1. The SMILES string of the molecule is Cc1ccc(S(=O)(=O)N(CC(=O)N2CCc3sccc3[C@H]2COc2ccccc2C)C(C)C)cc1. The van der Waals surface area contributed by atoms with Gasteiger partial charge in [-0.2, -0.15) is 4.31 Å². The molecule has 4 rings (SSSR count). The first-order chi connectivity index (χ1) is 16.7. The highest BCUT2D eigenvalue weighted by Gasteiger charge is 2.36. The number of ether oxygens (including phenoxy) is 1. The van der Waals surface area contributed by atoms with Crippen molar-refractivity contribution in [1.82, 2.24) is 9.21 Å². The van der Waals surface area contributed by atoms with Gasteiger partial charge in [0, 0.05) is 17.5 Å². The van der Waals surface area contributed by atoms with Gasteiger partial charge in [0.1, 0.15) is 12.4 Å². The van der Waals surface area contributed by atoms with Crippen LogP contribution in [0.5, 0.6) is 5.75 Å².